The van der Waals surface area contributed by atoms with Gasteiger partial charge in [-0.05, 0) is 44.4 Å². The molecule has 0 saturated heterocycles. The standard InChI is InChI=1S/C16H25N3/c1-11-7-9-12(10-8-11)15-18-14-6-4-3-5-13(14)16(17-2)19-15/h11-12H,3-10H2,1-2H3,(H,17,18,19). The molecule has 2 aliphatic carbocycles. The van der Waals surface area contributed by atoms with Gasteiger partial charge in [0.15, 0.2) is 0 Å². The largest absolute Gasteiger partial charge is 0.373 e. The highest BCUT2D eigenvalue weighted by molar-refractivity contribution is 5.47. The SMILES string of the molecule is CNc1nc(C2CCC(C)CC2)nc2c1CCCC2. The molecule has 0 unspecified atom stereocenters. The monoisotopic (exact) mass is 259 g/mol. The van der Waals surface area contributed by atoms with E-state index in [9.17, 15) is 0 Å². The quantitative estimate of drug-likeness (QED) is 0.880. The Bertz CT molecular complexity index is 430. The van der Waals surface area contributed by atoms with Crippen molar-refractivity contribution < 1.29 is 0 Å². The van der Waals surface area contributed by atoms with Crippen LogP contribution in [0.25, 0.3) is 0 Å². The molecule has 3 heteroatoms. The molecule has 104 valence electrons. The molecule has 3 nitrogen and oxygen atoms in total. The van der Waals surface area contributed by atoms with Crippen LogP contribution in [0.5, 0.6) is 0 Å². The van der Waals surface area contributed by atoms with Gasteiger partial charge in [-0.3, -0.25) is 0 Å². The van der Waals surface area contributed by atoms with E-state index in [-0.39, 0.29) is 0 Å². The third kappa shape index (κ3) is 2.60. The molecular formula is C16H25N3. The van der Waals surface area contributed by atoms with E-state index in [0.29, 0.717) is 5.92 Å². The Hall–Kier alpha value is -1.12. The van der Waals surface area contributed by atoms with E-state index in [4.69, 9.17) is 9.97 Å². The first-order chi connectivity index (χ1) is 9.28. The molecule has 0 bridgehead atoms. The minimum Gasteiger partial charge on any atom is -0.373 e. The van der Waals surface area contributed by atoms with Crippen LogP contribution in [0, 0.1) is 5.92 Å². The molecule has 0 atom stereocenters. The lowest BCUT2D eigenvalue weighted by molar-refractivity contribution is 0.339. The van der Waals surface area contributed by atoms with Crippen LogP contribution in [-0.4, -0.2) is 17.0 Å². The summed E-state index contributed by atoms with van der Waals surface area (Å²) in [5.74, 6) is 3.68. The first kappa shape index (κ1) is 12.9. The second-order valence-electron chi connectivity index (χ2n) is 6.27. The fourth-order valence-electron chi connectivity index (χ4n) is 3.52. The molecule has 0 aliphatic heterocycles. The number of anilines is 1. The van der Waals surface area contributed by atoms with Crippen LogP contribution < -0.4 is 5.32 Å². The molecular weight excluding hydrogens is 234 g/mol. The Balaban J connectivity index is 1.89. The van der Waals surface area contributed by atoms with Gasteiger partial charge in [-0.1, -0.05) is 19.8 Å². The lowest BCUT2D eigenvalue weighted by atomic mass is 9.82. The second kappa shape index (κ2) is 5.48. The van der Waals surface area contributed by atoms with Crippen molar-refractivity contribution in [2.75, 3.05) is 12.4 Å². The van der Waals surface area contributed by atoms with Crippen LogP contribution in [0.4, 0.5) is 5.82 Å². The Kier molecular flexibility index (Phi) is 3.72. The molecule has 0 spiro atoms. The maximum Gasteiger partial charge on any atom is 0.134 e. The molecule has 3 rings (SSSR count). The highest BCUT2D eigenvalue weighted by Crippen LogP contribution is 2.35. The summed E-state index contributed by atoms with van der Waals surface area (Å²) in [6.07, 6.45) is 10.1. The van der Waals surface area contributed by atoms with Gasteiger partial charge in [-0.15, -0.1) is 0 Å². The van der Waals surface area contributed by atoms with Gasteiger partial charge in [0.2, 0.25) is 0 Å². The third-order valence-corrected chi connectivity index (χ3v) is 4.82. The lowest BCUT2D eigenvalue weighted by Crippen LogP contribution is -2.18. The average molecular weight is 259 g/mol. The second-order valence-corrected chi connectivity index (χ2v) is 6.27. The van der Waals surface area contributed by atoms with Gasteiger partial charge in [0.25, 0.3) is 0 Å². The van der Waals surface area contributed by atoms with Crippen molar-refractivity contribution in [1.29, 1.82) is 0 Å². The number of aromatic nitrogens is 2. The number of fused-ring (bicyclic) bond motifs is 1. The molecule has 1 heterocycles. The summed E-state index contributed by atoms with van der Waals surface area (Å²) in [5.41, 5.74) is 2.70. The normalized spacial score (nSPS) is 26.8. The summed E-state index contributed by atoms with van der Waals surface area (Å²) in [5, 5.41) is 3.29. The molecule has 1 aromatic rings. The average Bonchev–Trinajstić information content (AvgIpc) is 2.47. The Morgan fingerprint density at radius 3 is 2.47 bits per heavy atom. The van der Waals surface area contributed by atoms with Gasteiger partial charge < -0.3 is 5.32 Å². The molecule has 0 radical (unpaired) electrons. The van der Waals surface area contributed by atoms with Crippen LogP contribution in [0.3, 0.4) is 0 Å². The van der Waals surface area contributed by atoms with Gasteiger partial charge in [0.05, 0.1) is 0 Å². The minimum atomic E-state index is 0.593. The Labute approximate surface area is 116 Å². The number of nitrogens with one attached hydrogen (secondary N) is 1. The molecule has 1 aromatic heterocycles. The van der Waals surface area contributed by atoms with E-state index >= 15 is 0 Å². The zero-order valence-corrected chi connectivity index (χ0v) is 12.2. The van der Waals surface area contributed by atoms with Crippen LogP contribution in [0.2, 0.25) is 0 Å². The van der Waals surface area contributed by atoms with Crippen LogP contribution in [-0.2, 0) is 12.8 Å². The highest BCUT2D eigenvalue weighted by Gasteiger charge is 2.25. The predicted molar refractivity (Wildman–Crippen MR) is 78.6 cm³/mol. The molecule has 1 N–H and O–H groups in total. The van der Waals surface area contributed by atoms with Gasteiger partial charge in [0, 0.05) is 24.2 Å². The first-order valence-corrected chi connectivity index (χ1v) is 7.85. The van der Waals surface area contributed by atoms with Crippen molar-refractivity contribution in [1.82, 2.24) is 9.97 Å². The number of rotatable bonds is 2. The molecule has 1 fully saturated rings. The molecule has 2 aliphatic rings. The Morgan fingerprint density at radius 1 is 1.00 bits per heavy atom. The van der Waals surface area contributed by atoms with Gasteiger partial charge >= 0.3 is 0 Å². The minimum absolute atomic E-state index is 0.593. The van der Waals surface area contributed by atoms with Crippen molar-refractivity contribution in [3.8, 4) is 0 Å². The zero-order chi connectivity index (χ0) is 13.2. The molecule has 0 aromatic carbocycles. The molecule has 19 heavy (non-hydrogen) atoms. The van der Waals surface area contributed by atoms with Crippen molar-refractivity contribution >= 4 is 5.82 Å². The van der Waals surface area contributed by atoms with Crippen LogP contribution in [0.1, 0.15) is 68.4 Å². The fourth-order valence-corrected chi connectivity index (χ4v) is 3.52. The van der Waals surface area contributed by atoms with Crippen molar-refractivity contribution in [3.05, 3.63) is 17.1 Å². The van der Waals surface area contributed by atoms with Gasteiger partial charge in [0.1, 0.15) is 11.6 Å². The Morgan fingerprint density at radius 2 is 1.74 bits per heavy atom. The van der Waals surface area contributed by atoms with Crippen molar-refractivity contribution in [2.45, 2.75) is 64.2 Å². The lowest BCUT2D eigenvalue weighted by Gasteiger charge is -2.27. The third-order valence-electron chi connectivity index (χ3n) is 4.82. The van der Waals surface area contributed by atoms with Gasteiger partial charge in [-0.2, -0.15) is 0 Å². The number of aryl methyl sites for hydroxylation is 1. The van der Waals surface area contributed by atoms with Crippen molar-refractivity contribution in [2.24, 2.45) is 5.92 Å². The van der Waals surface area contributed by atoms with Crippen LogP contribution >= 0.6 is 0 Å². The van der Waals surface area contributed by atoms with E-state index in [1.807, 2.05) is 7.05 Å². The number of hydrogen-bond acceptors (Lipinski definition) is 3. The van der Waals surface area contributed by atoms with Gasteiger partial charge in [-0.25, -0.2) is 9.97 Å². The maximum absolute atomic E-state index is 4.92. The number of nitrogens with zero attached hydrogens (tertiary/aromatic N) is 2. The molecule has 1 saturated carbocycles. The van der Waals surface area contributed by atoms with E-state index in [1.165, 1.54) is 49.8 Å². The maximum atomic E-state index is 4.92. The van der Waals surface area contributed by atoms with Crippen molar-refractivity contribution in [3.63, 3.8) is 0 Å². The van der Waals surface area contributed by atoms with E-state index < -0.39 is 0 Å². The zero-order valence-electron chi connectivity index (χ0n) is 12.2. The summed E-state index contributed by atoms with van der Waals surface area (Å²) in [7, 11) is 1.99. The summed E-state index contributed by atoms with van der Waals surface area (Å²) >= 11 is 0. The first-order valence-electron chi connectivity index (χ1n) is 7.85. The summed E-state index contributed by atoms with van der Waals surface area (Å²) in [4.78, 5) is 9.75. The summed E-state index contributed by atoms with van der Waals surface area (Å²) < 4.78 is 0. The summed E-state index contributed by atoms with van der Waals surface area (Å²) in [6.45, 7) is 2.36. The van der Waals surface area contributed by atoms with E-state index in [0.717, 1.165) is 30.4 Å². The smallest absolute Gasteiger partial charge is 0.134 e. The summed E-state index contributed by atoms with van der Waals surface area (Å²) in [6, 6.07) is 0. The predicted octanol–water partition coefficient (Wildman–Crippen LogP) is 3.69. The van der Waals surface area contributed by atoms with Crippen LogP contribution in [0.15, 0.2) is 0 Å². The topological polar surface area (TPSA) is 37.8 Å². The number of hydrogen-bond donors (Lipinski definition) is 1. The van der Waals surface area contributed by atoms with E-state index in [2.05, 4.69) is 12.2 Å². The fraction of sp³-hybridized carbons (Fsp3) is 0.750. The van der Waals surface area contributed by atoms with E-state index in [1.54, 1.807) is 0 Å². The highest BCUT2D eigenvalue weighted by atomic mass is 15.0. The molecule has 0 amide bonds.